The normalized spacial score (nSPS) is 12.4. The number of pyridine rings is 1. The van der Waals surface area contributed by atoms with Crippen molar-refractivity contribution in [1.29, 1.82) is 0 Å². The molecule has 1 heterocycles. The Hall–Kier alpha value is -0.230. The van der Waals surface area contributed by atoms with Crippen molar-refractivity contribution in [2.45, 2.75) is 12.5 Å². The highest BCUT2D eigenvalue weighted by Crippen LogP contribution is 2.29. The average Bonchev–Trinajstić information content (AvgIpc) is 2.32. The van der Waals surface area contributed by atoms with Gasteiger partial charge < -0.3 is 5.11 Å². The maximum absolute atomic E-state index is 10.3. The van der Waals surface area contributed by atoms with Crippen LogP contribution in [0.1, 0.15) is 17.2 Å². The third kappa shape index (κ3) is 3.63. The van der Waals surface area contributed by atoms with Gasteiger partial charge in [-0.1, -0.05) is 31.9 Å². The van der Waals surface area contributed by atoms with E-state index in [0.29, 0.717) is 6.42 Å². The third-order valence-corrected chi connectivity index (χ3v) is 4.16. The van der Waals surface area contributed by atoms with Crippen LogP contribution in [0.5, 0.6) is 0 Å². The lowest BCUT2D eigenvalue weighted by Gasteiger charge is -2.13. The van der Waals surface area contributed by atoms with E-state index in [4.69, 9.17) is 0 Å². The molecule has 5 heteroatoms. The molecule has 1 aromatic heterocycles. The first kappa shape index (κ1) is 14.2. The van der Waals surface area contributed by atoms with Gasteiger partial charge >= 0.3 is 0 Å². The highest BCUT2D eigenvalue weighted by molar-refractivity contribution is 9.11. The molecule has 94 valence electrons. The second kappa shape index (κ2) is 6.28. The Morgan fingerprint density at radius 2 is 1.83 bits per heavy atom. The zero-order valence-corrected chi connectivity index (χ0v) is 14.0. The molecular weight excluding hydrogens is 426 g/mol. The molecule has 2 nitrogen and oxygen atoms in total. The van der Waals surface area contributed by atoms with E-state index in [1.54, 1.807) is 12.4 Å². The first-order chi connectivity index (χ1) is 8.56. The number of aliphatic hydroxyl groups is 1. The first-order valence-electron chi connectivity index (χ1n) is 5.28. The Balaban J connectivity index is 2.21. The average molecular weight is 436 g/mol. The second-order valence-corrected chi connectivity index (χ2v) is 6.58. The molecule has 0 aliphatic rings. The van der Waals surface area contributed by atoms with Crippen molar-refractivity contribution in [3.8, 4) is 0 Å². The minimum atomic E-state index is -0.562. The van der Waals surface area contributed by atoms with Gasteiger partial charge in [0.05, 0.1) is 6.10 Å². The predicted molar refractivity (Wildman–Crippen MR) is 82.4 cm³/mol. The van der Waals surface area contributed by atoms with Crippen LogP contribution in [0.15, 0.2) is 50.1 Å². The minimum absolute atomic E-state index is 0.529. The van der Waals surface area contributed by atoms with E-state index in [1.165, 1.54) is 0 Å². The first-order valence-corrected chi connectivity index (χ1v) is 7.66. The number of halogens is 3. The topological polar surface area (TPSA) is 33.1 Å². The van der Waals surface area contributed by atoms with Gasteiger partial charge in [-0.25, -0.2) is 0 Å². The Morgan fingerprint density at radius 3 is 2.56 bits per heavy atom. The van der Waals surface area contributed by atoms with E-state index >= 15 is 0 Å². The lowest BCUT2D eigenvalue weighted by Crippen LogP contribution is -2.03. The molecule has 2 rings (SSSR count). The molecule has 0 amide bonds. The van der Waals surface area contributed by atoms with Gasteiger partial charge in [-0.05, 0) is 51.3 Å². The van der Waals surface area contributed by atoms with Crippen molar-refractivity contribution in [2.24, 2.45) is 0 Å². The van der Waals surface area contributed by atoms with Crippen molar-refractivity contribution in [2.75, 3.05) is 0 Å². The fraction of sp³-hybridized carbons (Fsp3) is 0.154. The van der Waals surface area contributed by atoms with E-state index < -0.39 is 6.10 Å². The molecule has 1 atom stereocenters. The van der Waals surface area contributed by atoms with Crippen LogP contribution >= 0.6 is 47.8 Å². The number of nitrogens with zero attached hydrogens (tertiary/aromatic N) is 1. The molecular formula is C13H10Br3NO. The van der Waals surface area contributed by atoms with Crippen LogP contribution in [0.2, 0.25) is 0 Å². The molecule has 0 saturated carbocycles. The maximum atomic E-state index is 10.3. The van der Waals surface area contributed by atoms with Crippen molar-refractivity contribution in [1.82, 2.24) is 4.98 Å². The summed E-state index contributed by atoms with van der Waals surface area (Å²) in [7, 11) is 0. The Morgan fingerprint density at radius 1 is 1.06 bits per heavy atom. The third-order valence-electron chi connectivity index (χ3n) is 2.51. The van der Waals surface area contributed by atoms with Crippen LogP contribution < -0.4 is 0 Å². The molecule has 2 aromatic rings. The van der Waals surface area contributed by atoms with E-state index in [2.05, 4.69) is 52.8 Å². The van der Waals surface area contributed by atoms with Gasteiger partial charge in [0.2, 0.25) is 0 Å². The summed E-state index contributed by atoms with van der Waals surface area (Å²) in [6, 6.07) is 7.73. The fourth-order valence-corrected chi connectivity index (χ4v) is 2.97. The molecule has 0 aliphatic heterocycles. The summed E-state index contributed by atoms with van der Waals surface area (Å²) in [4.78, 5) is 4.09. The molecule has 1 N–H and O–H groups in total. The summed E-state index contributed by atoms with van der Waals surface area (Å²) < 4.78 is 2.77. The van der Waals surface area contributed by atoms with Crippen molar-refractivity contribution in [3.05, 3.63) is 61.2 Å². The molecule has 0 saturated heterocycles. The van der Waals surface area contributed by atoms with Crippen molar-refractivity contribution >= 4 is 47.8 Å². The number of rotatable bonds is 3. The lowest BCUT2D eigenvalue weighted by atomic mass is 10.0. The largest absolute Gasteiger partial charge is 0.388 e. The van der Waals surface area contributed by atoms with Crippen LogP contribution in [0.4, 0.5) is 0 Å². The molecule has 1 aromatic carbocycles. The Bertz CT molecular complexity index is 560. The summed E-state index contributed by atoms with van der Waals surface area (Å²) in [6.45, 7) is 0. The van der Waals surface area contributed by atoms with Crippen molar-refractivity contribution < 1.29 is 5.11 Å². The van der Waals surface area contributed by atoms with Crippen LogP contribution in [0.25, 0.3) is 0 Å². The highest BCUT2D eigenvalue weighted by Gasteiger charge is 2.13. The van der Waals surface area contributed by atoms with Crippen molar-refractivity contribution in [3.63, 3.8) is 0 Å². The molecule has 18 heavy (non-hydrogen) atoms. The van der Waals surface area contributed by atoms with Gasteiger partial charge in [0.25, 0.3) is 0 Å². The second-order valence-electron chi connectivity index (χ2n) is 3.90. The summed E-state index contributed by atoms with van der Waals surface area (Å²) in [6.07, 6.45) is 3.46. The van der Waals surface area contributed by atoms with Crippen LogP contribution in [-0.4, -0.2) is 10.1 Å². The quantitative estimate of drug-likeness (QED) is 0.761. The number of benzene rings is 1. The minimum Gasteiger partial charge on any atom is -0.388 e. The van der Waals surface area contributed by atoms with Crippen LogP contribution in [0.3, 0.4) is 0 Å². The molecule has 0 spiro atoms. The maximum Gasteiger partial charge on any atom is 0.0842 e. The van der Waals surface area contributed by atoms with Gasteiger partial charge in [0, 0.05) is 32.2 Å². The Labute approximate surface area is 131 Å². The van der Waals surface area contributed by atoms with Gasteiger partial charge in [0.15, 0.2) is 0 Å². The highest BCUT2D eigenvalue weighted by atomic mass is 79.9. The van der Waals surface area contributed by atoms with Crippen LogP contribution in [-0.2, 0) is 6.42 Å². The summed E-state index contributed by atoms with van der Waals surface area (Å²) in [5, 5.41) is 10.3. The molecule has 0 bridgehead atoms. The SMILES string of the molecule is OC(Cc1cncc(Br)c1)c1cc(Br)ccc1Br. The summed E-state index contributed by atoms with van der Waals surface area (Å²) >= 11 is 10.2. The zero-order chi connectivity index (χ0) is 13.1. The number of aliphatic hydroxyl groups excluding tert-OH is 1. The smallest absolute Gasteiger partial charge is 0.0842 e. The molecule has 0 radical (unpaired) electrons. The van der Waals surface area contributed by atoms with Gasteiger partial charge in [-0.15, -0.1) is 0 Å². The summed E-state index contributed by atoms with van der Waals surface area (Å²) in [5.74, 6) is 0. The van der Waals surface area contributed by atoms with Crippen LogP contribution in [0, 0.1) is 0 Å². The monoisotopic (exact) mass is 433 g/mol. The zero-order valence-electron chi connectivity index (χ0n) is 9.28. The lowest BCUT2D eigenvalue weighted by molar-refractivity contribution is 0.177. The molecule has 0 aliphatic carbocycles. The number of hydrogen-bond acceptors (Lipinski definition) is 2. The fourth-order valence-electron chi connectivity index (χ4n) is 1.67. The Kier molecular flexibility index (Phi) is 4.95. The van der Waals surface area contributed by atoms with E-state index in [0.717, 1.165) is 24.5 Å². The predicted octanol–water partition coefficient (Wildman–Crippen LogP) is 4.65. The van der Waals surface area contributed by atoms with Gasteiger partial charge in [-0.3, -0.25) is 4.98 Å². The van der Waals surface area contributed by atoms with Gasteiger partial charge in [-0.2, -0.15) is 0 Å². The molecule has 1 unspecified atom stereocenters. The number of aromatic nitrogens is 1. The van der Waals surface area contributed by atoms with E-state index in [9.17, 15) is 5.11 Å². The van der Waals surface area contributed by atoms with E-state index in [-0.39, 0.29) is 0 Å². The summed E-state index contributed by atoms with van der Waals surface area (Å²) in [5.41, 5.74) is 1.85. The van der Waals surface area contributed by atoms with Gasteiger partial charge in [0.1, 0.15) is 0 Å². The standard InChI is InChI=1S/C13H10Br3NO/c14-9-1-2-12(16)11(5-9)13(18)4-8-3-10(15)7-17-6-8/h1-3,5-7,13,18H,4H2. The number of hydrogen-bond donors (Lipinski definition) is 1. The molecule has 0 fully saturated rings. The van der Waals surface area contributed by atoms with E-state index in [1.807, 2.05) is 24.3 Å².